The Bertz CT molecular complexity index is 645. The highest BCUT2D eigenvalue weighted by Gasteiger charge is 2.33. The van der Waals surface area contributed by atoms with Crippen LogP contribution >= 0.6 is 0 Å². The molecule has 0 fully saturated rings. The average Bonchev–Trinajstić information content (AvgIpc) is 2.55. The van der Waals surface area contributed by atoms with Gasteiger partial charge in [-0.25, -0.2) is 0 Å². The topological polar surface area (TPSA) is 116 Å². The van der Waals surface area contributed by atoms with Gasteiger partial charge in [0.2, 0.25) is 5.91 Å². The standard InChI is InChI=1S/C16H20N2O6/c1-2-12-16(23)18(7-8-19)11-4-3-10(9-13(11)24-12)17-14(20)5-6-15(21)22/h3-4,9,12,19H,2,5-8H2,1H3,(H,17,20)(H,21,22). The van der Waals surface area contributed by atoms with Crippen molar-refractivity contribution < 1.29 is 29.3 Å². The number of nitrogens with zero attached hydrogens (tertiary/aromatic N) is 1. The summed E-state index contributed by atoms with van der Waals surface area (Å²) < 4.78 is 5.67. The molecule has 0 radical (unpaired) electrons. The largest absolute Gasteiger partial charge is 0.481 e. The first-order valence-corrected chi connectivity index (χ1v) is 7.70. The summed E-state index contributed by atoms with van der Waals surface area (Å²) in [5, 5.41) is 20.4. The molecule has 2 amide bonds. The van der Waals surface area contributed by atoms with E-state index < -0.39 is 18.0 Å². The van der Waals surface area contributed by atoms with Crippen molar-refractivity contribution in [2.45, 2.75) is 32.3 Å². The zero-order valence-corrected chi connectivity index (χ0v) is 13.3. The highest BCUT2D eigenvalue weighted by molar-refractivity contribution is 6.01. The number of hydrogen-bond donors (Lipinski definition) is 3. The number of aliphatic hydroxyl groups is 1. The molecule has 1 aliphatic heterocycles. The van der Waals surface area contributed by atoms with E-state index in [4.69, 9.17) is 14.9 Å². The molecule has 1 aromatic rings. The van der Waals surface area contributed by atoms with Crippen LogP contribution in [0.25, 0.3) is 0 Å². The van der Waals surface area contributed by atoms with Gasteiger partial charge in [0.25, 0.3) is 5.91 Å². The lowest BCUT2D eigenvalue weighted by Crippen LogP contribution is -2.46. The summed E-state index contributed by atoms with van der Waals surface area (Å²) in [7, 11) is 0. The second-order valence-electron chi connectivity index (χ2n) is 5.35. The molecular formula is C16H20N2O6. The van der Waals surface area contributed by atoms with E-state index in [0.717, 1.165) is 0 Å². The molecule has 8 nitrogen and oxygen atoms in total. The molecule has 0 aliphatic carbocycles. The average molecular weight is 336 g/mol. The van der Waals surface area contributed by atoms with Gasteiger partial charge in [-0.15, -0.1) is 0 Å². The van der Waals surface area contributed by atoms with Crippen molar-refractivity contribution in [3.63, 3.8) is 0 Å². The maximum atomic E-state index is 12.3. The molecule has 1 unspecified atom stereocenters. The minimum atomic E-state index is -1.04. The molecule has 1 heterocycles. The predicted molar refractivity (Wildman–Crippen MR) is 86.1 cm³/mol. The summed E-state index contributed by atoms with van der Waals surface area (Å²) in [5.74, 6) is -1.23. The minimum absolute atomic E-state index is 0.125. The van der Waals surface area contributed by atoms with Crippen LogP contribution in [0.1, 0.15) is 26.2 Å². The number of aliphatic hydroxyl groups excluding tert-OH is 1. The van der Waals surface area contributed by atoms with Gasteiger partial charge >= 0.3 is 5.97 Å². The van der Waals surface area contributed by atoms with Crippen molar-refractivity contribution in [3.8, 4) is 5.75 Å². The third-order valence-corrected chi connectivity index (χ3v) is 3.61. The van der Waals surface area contributed by atoms with Crippen molar-refractivity contribution in [3.05, 3.63) is 18.2 Å². The first-order chi connectivity index (χ1) is 11.5. The molecule has 2 rings (SSSR count). The van der Waals surface area contributed by atoms with Crippen molar-refractivity contribution in [1.82, 2.24) is 0 Å². The van der Waals surface area contributed by atoms with E-state index in [0.29, 0.717) is 23.5 Å². The van der Waals surface area contributed by atoms with Crippen LogP contribution in [0.15, 0.2) is 18.2 Å². The summed E-state index contributed by atoms with van der Waals surface area (Å²) in [5.41, 5.74) is 0.986. The molecule has 0 saturated heterocycles. The van der Waals surface area contributed by atoms with E-state index >= 15 is 0 Å². The lowest BCUT2D eigenvalue weighted by atomic mass is 10.1. The molecule has 3 N–H and O–H groups in total. The summed E-state index contributed by atoms with van der Waals surface area (Å²) in [6, 6.07) is 4.82. The number of fused-ring (bicyclic) bond motifs is 1. The fraction of sp³-hybridized carbons (Fsp3) is 0.438. The van der Waals surface area contributed by atoms with Crippen LogP contribution in [0.4, 0.5) is 11.4 Å². The SMILES string of the molecule is CCC1Oc2cc(NC(=O)CCC(=O)O)ccc2N(CCO)C1=O. The van der Waals surface area contributed by atoms with Crippen LogP contribution in [-0.2, 0) is 14.4 Å². The molecule has 1 aliphatic rings. The number of carboxylic acids is 1. The summed E-state index contributed by atoms with van der Waals surface area (Å²) in [6.45, 7) is 1.81. The number of anilines is 2. The Morgan fingerprint density at radius 1 is 1.33 bits per heavy atom. The maximum Gasteiger partial charge on any atom is 0.303 e. The van der Waals surface area contributed by atoms with Crippen molar-refractivity contribution >= 4 is 29.2 Å². The number of β-amino-alcohol motifs (C(OH)–C–C–N with tert-alkyl or cyclic N) is 1. The van der Waals surface area contributed by atoms with Gasteiger partial charge in [-0.05, 0) is 18.6 Å². The molecule has 1 atom stereocenters. The van der Waals surface area contributed by atoms with Crippen LogP contribution in [0.5, 0.6) is 5.75 Å². The first kappa shape index (κ1) is 17.7. The Morgan fingerprint density at radius 2 is 2.08 bits per heavy atom. The molecule has 0 aromatic heterocycles. The van der Waals surface area contributed by atoms with Crippen molar-refractivity contribution in [2.24, 2.45) is 0 Å². The normalized spacial score (nSPS) is 16.3. The van der Waals surface area contributed by atoms with E-state index in [1.807, 2.05) is 6.92 Å². The second kappa shape index (κ2) is 7.78. The van der Waals surface area contributed by atoms with Crippen molar-refractivity contribution in [1.29, 1.82) is 0 Å². The van der Waals surface area contributed by atoms with Crippen LogP contribution in [0, 0.1) is 0 Å². The van der Waals surface area contributed by atoms with Crippen LogP contribution in [0.3, 0.4) is 0 Å². The Labute approximate surface area is 139 Å². The first-order valence-electron chi connectivity index (χ1n) is 7.70. The number of hydrogen-bond acceptors (Lipinski definition) is 5. The van der Waals surface area contributed by atoms with Gasteiger partial charge in [0, 0.05) is 24.7 Å². The molecule has 24 heavy (non-hydrogen) atoms. The van der Waals surface area contributed by atoms with Gasteiger partial charge in [-0.1, -0.05) is 6.92 Å². The molecular weight excluding hydrogens is 316 g/mol. The number of aliphatic carboxylic acids is 1. The maximum absolute atomic E-state index is 12.3. The van der Waals surface area contributed by atoms with Crippen LogP contribution < -0.4 is 15.0 Å². The van der Waals surface area contributed by atoms with Gasteiger partial charge in [0.1, 0.15) is 5.75 Å². The Kier molecular flexibility index (Phi) is 5.75. The summed E-state index contributed by atoms with van der Waals surface area (Å²) in [6.07, 6.45) is -0.527. The number of amides is 2. The molecule has 0 spiro atoms. The van der Waals surface area contributed by atoms with E-state index in [2.05, 4.69) is 5.32 Å². The number of ether oxygens (including phenoxy) is 1. The molecule has 0 bridgehead atoms. The summed E-state index contributed by atoms with van der Waals surface area (Å²) in [4.78, 5) is 35.9. The zero-order chi connectivity index (χ0) is 17.7. The summed E-state index contributed by atoms with van der Waals surface area (Å²) >= 11 is 0. The van der Waals surface area contributed by atoms with Gasteiger partial charge in [0.05, 0.1) is 18.7 Å². The number of carbonyl (C=O) groups is 3. The number of nitrogens with one attached hydrogen (secondary N) is 1. The molecule has 1 aromatic carbocycles. The zero-order valence-electron chi connectivity index (χ0n) is 13.3. The van der Waals surface area contributed by atoms with Gasteiger partial charge in [-0.2, -0.15) is 0 Å². The van der Waals surface area contributed by atoms with E-state index in [1.165, 1.54) is 4.90 Å². The Hall–Kier alpha value is -2.61. The third-order valence-electron chi connectivity index (χ3n) is 3.61. The van der Waals surface area contributed by atoms with Crippen LogP contribution in [0.2, 0.25) is 0 Å². The molecule has 130 valence electrons. The van der Waals surface area contributed by atoms with Gasteiger partial charge < -0.3 is 25.2 Å². The number of benzene rings is 1. The number of carboxylic acid groups (broad SMARTS) is 1. The van der Waals surface area contributed by atoms with E-state index in [1.54, 1.807) is 18.2 Å². The van der Waals surface area contributed by atoms with Gasteiger partial charge in [0.15, 0.2) is 6.10 Å². The smallest absolute Gasteiger partial charge is 0.303 e. The fourth-order valence-corrected chi connectivity index (χ4v) is 2.44. The highest BCUT2D eigenvalue weighted by atomic mass is 16.5. The lowest BCUT2D eigenvalue weighted by molar-refractivity contribution is -0.138. The fourth-order valence-electron chi connectivity index (χ4n) is 2.44. The van der Waals surface area contributed by atoms with E-state index in [-0.39, 0.29) is 31.9 Å². The Morgan fingerprint density at radius 3 is 2.71 bits per heavy atom. The number of rotatable bonds is 7. The van der Waals surface area contributed by atoms with Gasteiger partial charge in [-0.3, -0.25) is 14.4 Å². The monoisotopic (exact) mass is 336 g/mol. The van der Waals surface area contributed by atoms with Crippen LogP contribution in [-0.4, -0.2) is 47.3 Å². The predicted octanol–water partition coefficient (Wildman–Crippen LogP) is 0.986. The highest BCUT2D eigenvalue weighted by Crippen LogP contribution is 2.36. The lowest BCUT2D eigenvalue weighted by Gasteiger charge is -2.34. The van der Waals surface area contributed by atoms with Crippen molar-refractivity contribution in [2.75, 3.05) is 23.4 Å². The second-order valence-corrected chi connectivity index (χ2v) is 5.35. The molecule has 8 heteroatoms. The minimum Gasteiger partial charge on any atom is -0.481 e. The number of carbonyl (C=O) groups excluding carboxylic acids is 2. The Balaban J connectivity index is 2.18. The molecule has 0 saturated carbocycles. The quantitative estimate of drug-likeness (QED) is 0.684. The van der Waals surface area contributed by atoms with E-state index in [9.17, 15) is 14.4 Å². The third kappa shape index (κ3) is 4.02.